The molecule has 0 aliphatic carbocycles. The van der Waals surface area contributed by atoms with Gasteiger partial charge in [0.15, 0.2) is 0 Å². The van der Waals surface area contributed by atoms with Gasteiger partial charge in [-0.3, -0.25) is 4.79 Å². The number of aliphatic carboxylic acids is 1. The lowest BCUT2D eigenvalue weighted by Gasteiger charge is -2.19. The van der Waals surface area contributed by atoms with Gasteiger partial charge in [0.25, 0.3) is 0 Å². The second-order valence-corrected chi connectivity index (χ2v) is 5.02. The molecule has 0 bridgehead atoms. The molecule has 0 spiro atoms. The Bertz CT molecular complexity index is 296. The highest BCUT2D eigenvalue weighted by Gasteiger charge is 2.23. The minimum Gasteiger partial charge on any atom is -0.480 e. The molecule has 4 N–H and O–H groups in total. The van der Waals surface area contributed by atoms with Crippen LogP contribution in [-0.4, -0.2) is 60.5 Å². The highest BCUT2D eigenvalue weighted by Crippen LogP contribution is 2.02. The number of carboxylic acids is 1. The average molecular weight is 290 g/mol. The van der Waals surface area contributed by atoms with Crippen LogP contribution in [0.4, 0.5) is 0 Å². The number of carbonyl (C=O) groups is 2. The van der Waals surface area contributed by atoms with Crippen LogP contribution in [0.25, 0.3) is 0 Å². The second-order valence-electron chi connectivity index (χ2n) is 5.02. The molecule has 0 radical (unpaired) electrons. The number of carboxylic acid groups (broad SMARTS) is 1. The van der Waals surface area contributed by atoms with Gasteiger partial charge in [0.2, 0.25) is 5.91 Å². The third-order valence-corrected chi connectivity index (χ3v) is 2.72. The predicted octanol–water partition coefficient (Wildman–Crippen LogP) is -0.411. The van der Waals surface area contributed by atoms with Crippen LogP contribution in [0.5, 0.6) is 0 Å². The molecule has 0 aromatic rings. The first-order chi connectivity index (χ1) is 9.38. The van der Waals surface area contributed by atoms with E-state index in [0.717, 1.165) is 0 Å². The summed E-state index contributed by atoms with van der Waals surface area (Å²) in [5.41, 5.74) is 0. The number of hydrogen-bond acceptors (Lipinski definition) is 5. The second kappa shape index (κ2) is 10.6. The number of amides is 1. The van der Waals surface area contributed by atoms with Gasteiger partial charge in [-0.1, -0.05) is 13.8 Å². The number of rotatable bonds is 11. The van der Waals surface area contributed by atoms with Crippen LogP contribution in [0.2, 0.25) is 0 Å². The van der Waals surface area contributed by atoms with Crippen molar-refractivity contribution >= 4 is 11.9 Å². The highest BCUT2D eigenvalue weighted by molar-refractivity contribution is 5.83. The minimum atomic E-state index is -1.02. The molecular weight excluding hydrogens is 264 g/mol. The molecule has 7 nitrogen and oxygen atoms in total. The predicted molar refractivity (Wildman–Crippen MR) is 74.4 cm³/mol. The van der Waals surface area contributed by atoms with Crippen LogP contribution in [0, 0.1) is 5.92 Å². The number of aliphatic hydroxyl groups excluding tert-OH is 1. The van der Waals surface area contributed by atoms with E-state index in [9.17, 15) is 9.59 Å². The van der Waals surface area contributed by atoms with Crippen LogP contribution < -0.4 is 10.6 Å². The van der Waals surface area contributed by atoms with Gasteiger partial charge in [0, 0.05) is 19.0 Å². The zero-order valence-electron chi connectivity index (χ0n) is 12.4. The van der Waals surface area contributed by atoms with Crippen molar-refractivity contribution in [3.63, 3.8) is 0 Å². The molecule has 2 atom stereocenters. The molecule has 0 saturated heterocycles. The van der Waals surface area contributed by atoms with E-state index in [1.54, 1.807) is 13.8 Å². The van der Waals surface area contributed by atoms with E-state index in [1.165, 1.54) is 0 Å². The van der Waals surface area contributed by atoms with Crippen molar-refractivity contribution in [2.45, 2.75) is 39.3 Å². The summed E-state index contributed by atoms with van der Waals surface area (Å²) >= 11 is 0. The number of aliphatic hydroxyl groups is 1. The molecule has 0 aromatic carbocycles. The number of ether oxygens (including phenoxy) is 1. The quantitative estimate of drug-likeness (QED) is 0.385. The summed E-state index contributed by atoms with van der Waals surface area (Å²) in [5.74, 6) is -1.47. The summed E-state index contributed by atoms with van der Waals surface area (Å²) in [6.45, 7) is 6.65. The van der Waals surface area contributed by atoms with Gasteiger partial charge in [-0.15, -0.1) is 0 Å². The standard InChI is InChI=1S/C13H26N2O5/c1-9(2)12(13(18)19)15-11(17)8-10(3)14-4-6-20-7-5-16/h9-10,12,14,16H,4-8H2,1-3H3,(H,15,17)(H,18,19)/t10?,12-/m0/s1. The SMILES string of the molecule is CC(CC(=O)N[C@H](C(=O)O)C(C)C)NCCOCCO. The third-order valence-electron chi connectivity index (χ3n) is 2.72. The summed E-state index contributed by atoms with van der Waals surface area (Å²) in [6.07, 6.45) is 0.205. The van der Waals surface area contributed by atoms with E-state index in [4.69, 9.17) is 14.9 Å². The maximum Gasteiger partial charge on any atom is 0.326 e. The fourth-order valence-electron chi connectivity index (χ4n) is 1.64. The van der Waals surface area contributed by atoms with E-state index < -0.39 is 12.0 Å². The molecule has 7 heteroatoms. The molecule has 0 aliphatic rings. The summed E-state index contributed by atoms with van der Waals surface area (Å²) in [7, 11) is 0. The zero-order chi connectivity index (χ0) is 15.5. The lowest BCUT2D eigenvalue weighted by Crippen LogP contribution is -2.46. The van der Waals surface area contributed by atoms with E-state index in [0.29, 0.717) is 19.8 Å². The largest absolute Gasteiger partial charge is 0.480 e. The molecule has 1 unspecified atom stereocenters. The number of carbonyl (C=O) groups excluding carboxylic acids is 1. The van der Waals surface area contributed by atoms with Crippen LogP contribution >= 0.6 is 0 Å². The summed E-state index contributed by atoms with van der Waals surface area (Å²) in [6, 6.07) is -0.933. The van der Waals surface area contributed by atoms with Crippen LogP contribution in [0.15, 0.2) is 0 Å². The fourth-order valence-corrected chi connectivity index (χ4v) is 1.64. The van der Waals surface area contributed by atoms with Crippen molar-refractivity contribution in [2.24, 2.45) is 5.92 Å². The minimum absolute atomic E-state index is 0.0102. The Kier molecular flexibility index (Phi) is 9.96. The average Bonchev–Trinajstić information content (AvgIpc) is 2.34. The fraction of sp³-hybridized carbons (Fsp3) is 0.846. The monoisotopic (exact) mass is 290 g/mol. The lowest BCUT2D eigenvalue weighted by atomic mass is 10.0. The maximum absolute atomic E-state index is 11.7. The Morgan fingerprint density at radius 3 is 2.35 bits per heavy atom. The summed E-state index contributed by atoms with van der Waals surface area (Å²) < 4.78 is 5.07. The zero-order valence-corrected chi connectivity index (χ0v) is 12.4. The van der Waals surface area contributed by atoms with Crippen molar-refractivity contribution in [3.05, 3.63) is 0 Å². The maximum atomic E-state index is 11.7. The molecule has 0 heterocycles. The first kappa shape index (κ1) is 18.8. The third kappa shape index (κ3) is 8.84. The Hall–Kier alpha value is -1.18. The molecule has 118 valence electrons. The molecule has 0 aliphatic heterocycles. The molecule has 0 fully saturated rings. The summed E-state index contributed by atoms with van der Waals surface area (Å²) in [4.78, 5) is 22.7. The van der Waals surface area contributed by atoms with Crippen molar-refractivity contribution in [1.29, 1.82) is 0 Å². The molecular formula is C13H26N2O5. The lowest BCUT2D eigenvalue weighted by molar-refractivity contribution is -0.143. The van der Waals surface area contributed by atoms with Gasteiger partial charge < -0.3 is 25.6 Å². The Labute approximate surface area is 119 Å². The highest BCUT2D eigenvalue weighted by atomic mass is 16.5. The van der Waals surface area contributed by atoms with Gasteiger partial charge >= 0.3 is 5.97 Å². The normalized spacial score (nSPS) is 14.1. The number of hydrogen-bond donors (Lipinski definition) is 4. The molecule has 0 aromatic heterocycles. The van der Waals surface area contributed by atoms with Gasteiger partial charge in [0.1, 0.15) is 6.04 Å². The van der Waals surface area contributed by atoms with Crippen LogP contribution in [-0.2, 0) is 14.3 Å². The van der Waals surface area contributed by atoms with Gasteiger partial charge in [-0.25, -0.2) is 4.79 Å². The van der Waals surface area contributed by atoms with Crippen LogP contribution in [0.1, 0.15) is 27.2 Å². The van der Waals surface area contributed by atoms with Crippen molar-refractivity contribution in [3.8, 4) is 0 Å². The topological polar surface area (TPSA) is 108 Å². The van der Waals surface area contributed by atoms with Gasteiger partial charge in [0.05, 0.1) is 19.8 Å². The molecule has 0 saturated carbocycles. The first-order valence-electron chi connectivity index (χ1n) is 6.82. The van der Waals surface area contributed by atoms with Crippen molar-refractivity contribution < 1.29 is 24.5 Å². The van der Waals surface area contributed by atoms with Gasteiger partial charge in [-0.05, 0) is 12.8 Å². The van der Waals surface area contributed by atoms with Gasteiger partial charge in [-0.2, -0.15) is 0 Å². The van der Waals surface area contributed by atoms with E-state index in [2.05, 4.69) is 10.6 Å². The first-order valence-corrected chi connectivity index (χ1v) is 6.82. The van der Waals surface area contributed by atoms with Crippen molar-refractivity contribution in [2.75, 3.05) is 26.4 Å². The number of nitrogens with one attached hydrogen (secondary N) is 2. The van der Waals surface area contributed by atoms with E-state index in [-0.39, 0.29) is 30.9 Å². The Morgan fingerprint density at radius 2 is 1.85 bits per heavy atom. The van der Waals surface area contributed by atoms with Crippen molar-refractivity contribution in [1.82, 2.24) is 10.6 Å². The van der Waals surface area contributed by atoms with E-state index >= 15 is 0 Å². The Morgan fingerprint density at radius 1 is 1.20 bits per heavy atom. The smallest absolute Gasteiger partial charge is 0.326 e. The Balaban J connectivity index is 3.91. The van der Waals surface area contributed by atoms with Crippen LogP contribution in [0.3, 0.4) is 0 Å². The molecule has 0 rings (SSSR count). The molecule has 20 heavy (non-hydrogen) atoms. The summed E-state index contributed by atoms with van der Waals surface area (Å²) in [5, 5.41) is 23.1. The van der Waals surface area contributed by atoms with E-state index in [1.807, 2.05) is 6.92 Å². The molecule has 1 amide bonds.